The fraction of sp³-hybridized carbons (Fsp3) is 0.856. The fourth-order valence-electron chi connectivity index (χ4n) is 8.67. The molecule has 5 rings (SSSR count). The molecule has 1 aromatic heterocycles. The summed E-state index contributed by atoms with van der Waals surface area (Å²) in [6.45, 7) is 92.4. The van der Waals surface area contributed by atoms with E-state index in [1.54, 1.807) is 33.3 Å². The maximum Gasteiger partial charge on any atom is 0.246 e. The number of nitrogens with one attached hydrogen (secondary N) is 5. The number of amidine groups is 2. The van der Waals surface area contributed by atoms with Crippen molar-refractivity contribution >= 4 is 50.8 Å². The highest BCUT2D eigenvalue weighted by molar-refractivity contribution is 7.91. The van der Waals surface area contributed by atoms with E-state index in [1.807, 2.05) is 103 Å². The number of rotatable bonds is 11. The number of nitrogens with zero attached hydrogens (tertiary/aromatic N) is 4. The zero-order valence-corrected chi connectivity index (χ0v) is 79.6. The minimum atomic E-state index is -2.78. The summed E-state index contributed by atoms with van der Waals surface area (Å²) in [6.07, 6.45) is 25.2. The fourth-order valence-corrected chi connectivity index (χ4v) is 10.2. The van der Waals surface area contributed by atoms with E-state index in [4.69, 9.17) is 0 Å². The molecule has 0 bridgehead atoms. The number of hydrogen-bond acceptors (Lipinski definition) is 13. The molecular weight excluding hydrogens is 1350 g/mol. The van der Waals surface area contributed by atoms with Gasteiger partial charge in [-0.05, 0) is 100 Å². The summed E-state index contributed by atoms with van der Waals surface area (Å²) in [7, 11) is -1.13. The smallest absolute Gasteiger partial charge is 0.246 e. The molecule has 5 N–H and O–H groups in total. The number of carbonyl (C=O) groups excluding carboxylic acids is 5. The second kappa shape index (κ2) is 53.4. The summed E-state index contributed by atoms with van der Waals surface area (Å²) in [6, 6.07) is 0. The van der Waals surface area contributed by atoms with Gasteiger partial charge in [0.05, 0.1) is 11.4 Å². The van der Waals surface area contributed by atoms with Crippen LogP contribution in [0.2, 0.25) is 0 Å². The topological polar surface area (TPSA) is 230 Å². The first-order chi connectivity index (χ1) is 47.4. The van der Waals surface area contributed by atoms with Crippen molar-refractivity contribution in [1.29, 1.82) is 0 Å². The number of hydrazine groups is 1. The first-order valence-electron chi connectivity index (χ1n) is 40.5. The van der Waals surface area contributed by atoms with E-state index in [9.17, 15) is 32.4 Å². The van der Waals surface area contributed by atoms with Crippen molar-refractivity contribution < 1.29 is 32.4 Å². The number of aliphatic imine (C=N–C) groups is 2. The van der Waals surface area contributed by atoms with Gasteiger partial charge in [-0.3, -0.25) is 49.8 Å². The summed E-state index contributed by atoms with van der Waals surface area (Å²) < 4.78 is 22.0. The van der Waals surface area contributed by atoms with Crippen molar-refractivity contribution in [3.8, 4) is 0 Å². The van der Waals surface area contributed by atoms with Gasteiger partial charge in [0.25, 0.3) is 0 Å². The van der Waals surface area contributed by atoms with E-state index in [1.165, 1.54) is 64.2 Å². The number of hydrogen-bond donors (Lipinski definition) is 5. The lowest BCUT2D eigenvalue weighted by molar-refractivity contribution is -0.128. The van der Waals surface area contributed by atoms with Crippen molar-refractivity contribution in [2.75, 3.05) is 31.6 Å². The lowest BCUT2D eigenvalue weighted by atomic mass is 9.78. The van der Waals surface area contributed by atoms with Crippen LogP contribution in [-0.2, 0) is 40.2 Å². The van der Waals surface area contributed by atoms with Crippen LogP contribution in [0.3, 0.4) is 0 Å². The molecule has 0 atom stereocenters. The number of carbonyl (C=O) groups is 5. The monoisotopic (exact) mass is 1530 g/mol. The molecule has 3 heterocycles. The third-order valence-corrected chi connectivity index (χ3v) is 17.1. The van der Waals surface area contributed by atoms with Gasteiger partial charge in [0.15, 0.2) is 9.84 Å². The highest BCUT2D eigenvalue weighted by Gasteiger charge is 2.28. The molecule has 2 saturated carbocycles. The number of Topliss-reactive ketones (excluding diaryl/α,β-unsaturated/α-hetero) is 2. The molecule has 2 fully saturated rings. The molecule has 634 valence electrons. The zero-order valence-electron chi connectivity index (χ0n) is 78.8. The van der Waals surface area contributed by atoms with Gasteiger partial charge >= 0.3 is 0 Å². The Balaban J connectivity index is -0.000000205. The van der Waals surface area contributed by atoms with Crippen LogP contribution in [0.25, 0.3) is 0 Å². The Bertz CT molecular complexity index is 2720. The Labute approximate surface area is 665 Å². The van der Waals surface area contributed by atoms with Gasteiger partial charge < -0.3 is 16.0 Å². The molecule has 0 spiro atoms. The highest BCUT2D eigenvalue weighted by Crippen LogP contribution is 2.40. The molecule has 0 saturated heterocycles. The lowest BCUT2D eigenvalue weighted by Gasteiger charge is -2.28. The van der Waals surface area contributed by atoms with Gasteiger partial charge in [0.1, 0.15) is 35.6 Å². The predicted molar refractivity (Wildman–Crippen MR) is 469 cm³/mol. The normalized spacial score (nSPS) is 14.8. The standard InChI is InChI=1S/C11H22.C9H17N3.C9H14N2.C8H14N2O.C8H16O.C8H16.C7H15NO.C7H16O2S.C6H13NO.C6H12O.C6H14.C5H12/c1-11(2,3)9-10-7-5-4-6-8-10;1-7-10-8(12-11-7)5-6-9(2,3)4;1-9(2,3)6-8-7-10-4-5-11-8;1-8(2,3)4-6-9-5-7(11)10-6;1-5-7(9)6-8(2,3)4;1-8(2,3)6-7-4-5-7;1-5-8-6(9)7(2,3)4;1-5-10(8,9)6-7(2,3)4;1-6(2,3)5(8)7-4;1-5(7)6(2,3)4;1-5-6(2,3)4;1-5(2,3)4/h10H,4-9H2,1-3H3;11H,1,5-6H2,2-4H3,(H,10,12);4-5,7H,6H2,1-3H3;4-5H2,1-3H3,(H,9,10,11);5-6H2,1-4H3;7H,4-6H2,1-3H3;5H2,1-4H3,(H,8,9);5-6H2,1-4H3;1-4H3,(H,7,8);1-4H3;5H2,1-4H3;1-4H3. The van der Waals surface area contributed by atoms with Crippen molar-refractivity contribution in [2.45, 2.75) is 394 Å². The molecule has 0 unspecified atom stereocenters. The van der Waals surface area contributed by atoms with Crippen LogP contribution >= 0.6 is 0 Å². The van der Waals surface area contributed by atoms with Gasteiger partial charge in [-0.15, -0.1) is 0 Å². The second-order valence-electron chi connectivity index (χ2n) is 43.8. The van der Waals surface area contributed by atoms with Crippen LogP contribution in [0.4, 0.5) is 0 Å². The third-order valence-electron chi connectivity index (χ3n) is 14.9. The first-order valence-corrected chi connectivity index (χ1v) is 42.3. The summed E-state index contributed by atoms with van der Waals surface area (Å²) in [5, 5.41) is 8.03. The maximum atomic E-state index is 11.0. The Morgan fingerprint density at radius 3 is 1.16 bits per heavy atom. The summed E-state index contributed by atoms with van der Waals surface area (Å²) in [5.74, 6) is 6.04. The van der Waals surface area contributed by atoms with Gasteiger partial charge in [-0.2, -0.15) is 0 Å². The molecule has 0 radical (unpaired) electrons. The average molecular weight is 1530 g/mol. The molecule has 4 aliphatic rings. The molecule has 3 amide bonds. The lowest BCUT2D eigenvalue weighted by Crippen LogP contribution is -2.34. The van der Waals surface area contributed by atoms with Crippen molar-refractivity contribution in [2.24, 2.45) is 86.8 Å². The first kappa shape index (κ1) is 116. The molecule has 2 aliphatic carbocycles. The van der Waals surface area contributed by atoms with E-state index in [0.29, 0.717) is 63.5 Å². The van der Waals surface area contributed by atoms with Gasteiger partial charge in [0, 0.05) is 79.9 Å². The van der Waals surface area contributed by atoms with Crippen LogP contribution in [0.15, 0.2) is 41.0 Å². The molecule has 0 aromatic carbocycles. The Morgan fingerprint density at radius 1 is 0.533 bits per heavy atom. The van der Waals surface area contributed by atoms with Crippen molar-refractivity contribution in [1.82, 2.24) is 36.8 Å². The van der Waals surface area contributed by atoms with E-state index in [2.05, 4.69) is 233 Å². The van der Waals surface area contributed by atoms with Gasteiger partial charge in [-0.1, -0.05) is 335 Å². The summed E-state index contributed by atoms with van der Waals surface area (Å²) in [4.78, 5) is 70.1. The Hall–Kier alpha value is -4.54. The second-order valence-corrected chi connectivity index (χ2v) is 46.2. The van der Waals surface area contributed by atoms with Crippen molar-refractivity contribution in [3.63, 3.8) is 0 Å². The highest BCUT2D eigenvalue weighted by atomic mass is 32.2. The van der Waals surface area contributed by atoms with Crippen molar-refractivity contribution in [3.05, 3.63) is 36.7 Å². The Morgan fingerprint density at radius 2 is 0.953 bits per heavy atom. The SMILES string of the molecule is C=C1N=C(CCC(C)(C)C)NN1.CC(=O)C(C)(C)C.CC(C)(C)C.CC(C)(C)CC1=NCC(=O)N1.CC(C)(C)CC1CC1.CC(C)(C)CC1CCCCC1.CC(C)(C)Cc1cnccn1.CCC(=O)CC(C)(C)C.CCC(C)(C)C.CCNC(=O)C(C)(C)C.CCS(=O)(=O)CC(C)(C)C.CNC(=O)C(C)(C)C. The van der Waals surface area contributed by atoms with E-state index in [0.717, 1.165) is 61.4 Å². The van der Waals surface area contributed by atoms with Crippen LogP contribution in [-0.4, -0.2) is 91.0 Å². The molecule has 17 heteroatoms. The zero-order chi connectivity index (χ0) is 86.5. The summed E-state index contributed by atoms with van der Waals surface area (Å²) in [5.41, 5.74) is 9.42. The largest absolute Gasteiger partial charge is 0.359 e. The molecular formula is C90H181N9O7S. The predicted octanol–water partition coefficient (Wildman–Crippen LogP) is 23.6. The van der Waals surface area contributed by atoms with E-state index < -0.39 is 9.84 Å². The van der Waals surface area contributed by atoms with Crippen LogP contribution in [0, 0.1) is 76.8 Å². The van der Waals surface area contributed by atoms with E-state index >= 15 is 0 Å². The molecule has 16 nitrogen and oxygen atoms in total. The molecule has 1 aromatic rings. The number of ketones is 2. The quantitative estimate of drug-likeness (QED) is 0.140. The number of aromatic nitrogens is 2. The third kappa shape index (κ3) is 99.5. The molecule has 2 aliphatic heterocycles. The minimum Gasteiger partial charge on any atom is -0.359 e. The number of amides is 3. The van der Waals surface area contributed by atoms with Crippen LogP contribution in [0.1, 0.15) is 393 Å². The minimum absolute atomic E-state index is 0.0178. The van der Waals surface area contributed by atoms with Crippen LogP contribution in [0.5, 0.6) is 0 Å². The summed E-state index contributed by atoms with van der Waals surface area (Å²) >= 11 is 0. The van der Waals surface area contributed by atoms with Gasteiger partial charge in [0.2, 0.25) is 17.7 Å². The molecule has 107 heavy (non-hydrogen) atoms. The Kier molecular flexibility index (Phi) is 57.8. The average Bonchev–Trinajstić information content (AvgIpc) is 0.936. The number of sulfone groups is 1. The van der Waals surface area contributed by atoms with E-state index in [-0.39, 0.29) is 67.5 Å². The van der Waals surface area contributed by atoms with Crippen LogP contribution < -0.4 is 26.8 Å². The van der Waals surface area contributed by atoms with Gasteiger partial charge in [-0.25, -0.2) is 13.4 Å². The maximum absolute atomic E-state index is 11.0.